The Labute approximate surface area is 238 Å². The van der Waals surface area contributed by atoms with Gasteiger partial charge in [0.1, 0.15) is 0 Å². The highest BCUT2D eigenvalue weighted by molar-refractivity contribution is 5.95. The van der Waals surface area contributed by atoms with Crippen molar-refractivity contribution < 1.29 is 0 Å². The minimum absolute atomic E-state index is 0.0681. The lowest BCUT2D eigenvalue weighted by molar-refractivity contribution is 0.569. The van der Waals surface area contributed by atoms with Crippen LogP contribution in [0.3, 0.4) is 0 Å². The molecule has 2 aliphatic carbocycles. The second kappa shape index (κ2) is 8.45. The molecule has 5 aromatic carbocycles. The van der Waals surface area contributed by atoms with E-state index in [-0.39, 0.29) is 16.2 Å². The lowest BCUT2D eigenvalue weighted by Crippen LogP contribution is -2.25. The molecule has 5 aromatic rings. The van der Waals surface area contributed by atoms with Crippen molar-refractivity contribution >= 4 is 11.4 Å². The van der Waals surface area contributed by atoms with Crippen molar-refractivity contribution in [3.63, 3.8) is 0 Å². The summed E-state index contributed by atoms with van der Waals surface area (Å²) in [5.41, 5.74) is 15.6. The van der Waals surface area contributed by atoms with Crippen LogP contribution in [0.1, 0.15) is 74.9 Å². The number of benzene rings is 5. The summed E-state index contributed by atoms with van der Waals surface area (Å²) in [7, 11) is 0. The Morgan fingerprint density at radius 2 is 0.850 bits per heavy atom. The molecule has 0 fully saturated rings. The van der Waals surface area contributed by atoms with Gasteiger partial charge < -0.3 is 5.32 Å². The van der Waals surface area contributed by atoms with Crippen LogP contribution in [0.5, 0.6) is 0 Å². The predicted octanol–water partition coefficient (Wildman–Crippen LogP) is 10.4. The van der Waals surface area contributed by atoms with Crippen LogP contribution in [0.15, 0.2) is 109 Å². The second-order valence-electron chi connectivity index (χ2n) is 13.6. The van der Waals surface area contributed by atoms with Crippen molar-refractivity contribution in [2.75, 3.05) is 5.32 Å². The van der Waals surface area contributed by atoms with Crippen LogP contribution in [0.4, 0.5) is 11.4 Å². The Morgan fingerprint density at radius 1 is 0.425 bits per heavy atom. The van der Waals surface area contributed by atoms with E-state index >= 15 is 0 Å². The molecule has 0 heterocycles. The summed E-state index contributed by atoms with van der Waals surface area (Å²) in [6.45, 7) is 13.8. The van der Waals surface area contributed by atoms with Gasteiger partial charge in [-0.2, -0.15) is 0 Å². The van der Waals surface area contributed by atoms with Crippen molar-refractivity contribution in [3.8, 4) is 22.3 Å². The summed E-state index contributed by atoms with van der Waals surface area (Å²) < 4.78 is 0. The number of nitrogens with one attached hydrogen (secondary N) is 1. The van der Waals surface area contributed by atoms with Gasteiger partial charge in [-0.3, -0.25) is 0 Å². The molecule has 0 saturated carbocycles. The van der Waals surface area contributed by atoms with Crippen LogP contribution in [0.2, 0.25) is 0 Å². The van der Waals surface area contributed by atoms with E-state index in [4.69, 9.17) is 0 Å². The van der Waals surface area contributed by atoms with Gasteiger partial charge >= 0.3 is 0 Å². The molecule has 0 aromatic heterocycles. The van der Waals surface area contributed by atoms with Gasteiger partial charge in [-0.25, -0.2) is 0 Å². The first-order valence-electron chi connectivity index (χ1n) is 14.5. The number of fused-ring (bicyclic) bond motifs is 10. The van der Waals surface area contributed by atoms with E-state index in [0.717, 1.165) is 11.4 Å². The Kier molecular flexibility index (Phi) is 5.26. The maximum atomic E-state index is 3.84. The van der Waals surface area contributed by atoms with Crippen molar-refractivity contribution in [1.82, 2.24) is 0 Å². The van der Waals surface area contributed by atoms with Gasteiger partial charge in [-0.05, 0) is 90.7 Å². The summed E-state index contributed by atoms with van der Waals surface area (Å²) in [4.78, 5) is 0. The normalized spacial score (nSPS) is 14.4. The van der Waals surface area contributed by atoms with Crippen LogP contribution in [-0.2, 0) is 16.2 Å². The Morgan fingerprint density at radius 3 is 1.30 bits per heavy atom. The maximum absolute atomic E-state index is 3.84. The molecule has 0 bridgehead atoms. The number of anilines is 2. The quantitative estimate of drug-likeness (QED) is 0.239. The Balaban J connectivity index is 1.44. The van der Waals surface area contributed by atoms with Gasteiger partial charge in [0.05, 0.1) is 5.41 Å². The molecule has 0 atom stereocenters. The molecular formula is C39H37N. The fraction of sp³-hybridized carbons (Fsp3) is 0.231. The molecule has 1 nitrogen and oxygen atoms in total. The van der Waals surface area contributed by atoms with E-state index in [2.05, 4.69) is 156 Å². The molecule has 1 N–H and O–H groups in total. The van der Waals surface area contributed by atoms with Crippen molar-refractivity contribution in [1.29, 1.82) is 0 Å². The number of hydrogen-bond donors (Lipinski definition) is 1. The van der Waals surface area contributed by atoms with Crippen LogP contribution in [-0.4, -0.2) is 0 Å². The maximum Gasteiger partial charge on any atom is 0.0726 e. The summed E-state index contributed by atoms with van der Waals surface area (Å²) >= 11 is 0. The smallest absolute Gasteiger partial charge is 0.0726 e. The molecule has 1 heteroatoms. The van der Waals surface area contributed by atoms with Crippen LogP contribution in [0, 0.1) is 0 Å². The molecule has 0 radical (unpaired) electrons. The Hall–Kier alpha value is -4.10. The van der Waals surface area contributed by atoms with E-state index in [1.807, 2.05) is 0 Å². The van der Waals surface area contributed by atoms with Crippen molar-refractivity contribution in [2.24, 2.45) is 0 Å². The van der Waals surface area contributed by atoms with Gasteiger partial charge in [0.15, 0.2) is 0 Å². The average Bonchev–Trinajstić information content (AvgIpc) is 3.39. The highest BCUT2D eigenvalue weighted by Gasteiger charge is 2.51. The highest BCUT2D eigenvalue weighted by Crippen LogP contribution is 2.62. The van der Waals surface area contributed by atoms with Crippen molar-refractivity contribution in [3.05, 3.63) is 143 Å². The molecule has 0 unspecified atom stereocenters. The van der Waals surface area contributed by atoms with E-state index in [9.17, 15) is 0 Å². The molecule has 40 heavy (non-hydrogen) atoms. The SMILES string of the molecule is CC(C)(C)c1cc(Nc2ccc3c(c2)C2(c4ccccc4-c4ccccc42)c2ccccc2-3)cc(C(C)(C)C)c1. The molecule has 0 saturated heterocycles. The van der Waals surface area contributed by atoms with E-state index in [0.29, 0.717) is 0 Å². The van der Waals surface area contributed by atoms with Crippen molar-refractivity contribution in [2.45, 2.75) is 57.8 Å². The van der Waals surface area contributed by atoms with Gasteiger partial charge in [0, 0.05) is 11.4 Å². The molecule has 0 aliphatic heterocycles. The Bertz CT molecular complexity index is 1700. The van der Waals surface area contributed by atoms with E-state index < -0.39 is 0 Å². The standard InChI is InChI=1S/C39H37N/c1-37(2,3)25-21-26(38(4,5)6)23-28(22-25)40-27-19-20-32-31-15-9-12-18-35(31)39(36(32)24-27)33-16-10-7-13-29(33)30-14-8-11-17-34(30)39/h7-24,40H,1-6H3. The zero-order valence-corrected chi connectivity index (χ0v) is 24.4. The monoisotopic (exact) mass is 519 g/mol. The molecule has 0 amide bonds. The van der Waals surface area contributed by atoms with E-state index in [1.54, 1.807) is 0 Å². The number of hydrogen-bond acceptors (Lipinski definition) is 1. The lowest BCUT2D eigenvalue weighted by atomic mass is 9.70. The molecule has 7 rings (SSSR count). The minimum Gasteiger partial charge on any atom is -0.356 e. The first-order valence-corrected chi connectivity index (χ1v) is 14.5. The third-order valence-electron chi connectivity index (χ3n) is 8.95. The fourth-order valence-corrected chi connectivity index (χ4v) is 6.91. The van der Waals surface area contributed by atoms with Crippen LogP contribution in [0.25, 0.3) is 22.3 Å². The first-order chi connectivity index (χ1) is 19.1. The third-order valence-corrected chi connectivity index (χ3v) is 8.95. The molecule has 2 aliphatic rings. The zero-order chi connectivity index (χ0) is 27.9. The third kappa shape index (κ3) is 3.53. The molecular weight excluding hydrogens is 482 g/mol. The van der Waals surface area contributed by atoms with Gasteiger partial charge in [-0.15, -0.1) is 0 Å². The topological polar surface area (TPSA) is 12.0 Å². The summed E-state index contributed by atoms with van der Waals surface area (Å²) in [5.74, 6) is 0. The van der Waals surface area contributed by atoms with E-state index in [1.165, 1.54) is 55.6 Å². The highest BCUT2D eigenvalue weighted by atomic mass is 14.9. The second-order valence-corrected chi connectivity index (χ2v) is 13.6. The summed E-state index contributed by atoms with van der Waals surface area (Å²) in [5, 5.41) is 3.84. The van der Waals surface area contributed by atoms with Gasteiger partial charge in [-0.1, -0.05) is 126 Å². The predicted molar refractivity (Wildman–Crippen MR) is 170 cm³/mol. The van der Waals surface area contributed by atoms with Crippen LogP contribution < -0.4 is 5.32 Å². The lowest BCUT2D eigenvalue weighted by Gasteiger charge is -2.30. The summed E-state index contributed by atoms with van der Waals surface area (Å²) in [6, 6.07) is 41.0. The van der Waals surface area contributed by atoms with Gasteiger partial charge in [0.25, 0.3) is 0 Å². The average molecular weight is 520 g/mol. The zero-order valence-electron chi connectivity index (χ0n) is 24.4. The number of rotatable bonds is 2. The summed E-state index contributed by atoms with van der Waals surface area (Å²) in [6.07, 6.45) is 0. The van der Waals surface area contributed by atoms with Crippen LogP contribution >= 0.6 is 0 Å². The first kappa shape index (κ1) is 24.9. The fourth-order valence-electron chi connectivity index (χ4n) is 6.91. The molecule has 1 spiro atoms. The van der Waals surface area contributed by atoms with Gasteiger partial charge in [0.2, 0.25) is 0 Å². The molecule has 198 valence electrons. The minimum atomic E-state index is -0.319. The largest absolute Gasteiger partial charge is 0.356 e.